The number of thioether (sulfide) groups is 1. The molecule has 198 valence electrons. The zero-order valence-corrected chi connectivity index (χ0v) is 23.6. The van der Waals surface area contributed by atoms with Gasteiger partial charge in [-0.25, -0.2) is 0 Å². The molecule has 9 heteroatoms. The minimum absolute atomic E-state index is 0.131. The SMILES string of the molecule is Cc1ccc(NC(=O)C(C)Sc2ccc(NC(=O)/C(=C/c3cccs3)NC(=O)c3ccccc3)cc2)cc1Cl. The number of benzene rings is 3. The maximum atomic E-state index is 13.1. The van der Waals surface area contributed by atoms with E-state index in [1.807, 2.05) is 61.7 Å². The first-order chi connectivity index (χ1) is 18.8. The van der Waals surface area contributed by atoms with Gasteiger partial charge < -0.3 is 16.0 Å². The fourth-order valence-electron chi connectivity index (χ4n) is 3.45. The first-order valence-electron chi connectivity index (χ1n) is 12.0. The zero-order valence-electron chi connectivity index (χ0n) is 21.2. The number of nitrogens with one attached hydrogen (secondary N) is 3. The summed E-state index contributed by atoms with van der Waals surface area (Å²) in [5.41, 5.74) is 2.73. The number of aryl methyl sites for hydroxylation is 1. The van der Waals surface area contributed by atoms with Gasteiger partial charge >= 0.3 is 0 Å². The third-order valence-electron chi connectivity index (χ3n) is 5.59. The van der Waals surface area contributed by atoms with Crippen LogP contribution in [0.4, 0.5) is 11.4 Å². The molecule has 1 heterocycles. The summed E-state index contributed by atoms with van der Waals surface area (Å²) in [7, 11) is 0. The van der Waals surface area contributed by atoms with Crippen LogP contribution in [-0.4, -0.2) is 23.0 Å². The van der Waals surface area contributed by atoms with Crippen molar-refractivity contribution in [2.75, 3.05) is 10.6 Å². The number of thiophene rings is 1. The van der Waals surface area contributed by atoms with Crippen LogP contribution in [0.1, 0.15) is 27.7 Å². The van der Waals surface area contributed by atoms with E-state index in [-0.39, 0.29) is 22.8 Å². The standard InChI is InChI=1S/C30H26ClN3O3S2/c1-19-10-11-23(17-26(19)31)33-28(35)20(2)39-24-14-12-22(13-15-24)32-30(37)27(18-25-9-6-16-38-25)34-29(36)21-7-4-3-5-8-21/h3-18,20H,1-2H3,(H,32,37)(H,33,35)(H,34,36)/b27-18-. The summed E-state index contributed by atoms with van der Waals surface area (Å²) < 4.78 is 0. The molecule has 1 unspecified atom stereocenters. The highest BCUT2D eigenvalue weighted by molar-refractivity contribution is 8.00. The highest BCUT2D eigenvalue weighted by Gasteiger charge is 2.17. The molecule has 0 saturated carbocycles. The minimum atomic E-state index is -0.447. The Morgan fingerprint density at radius 2 is 1.62 bits per heavy atom. The van der Waals surface area contributed by atoms with E-state index in [1.165, 1.54) is 23.1 Å². The molecule has 4 aromatic rings. The Hall–Kier alpha value is -3.85. The number of hydrogen-bond donors (Lipinski definition) is 3. The molecular weight excluding hydrogens is 550 g/mol. The van der Waals surface area contributed by atoms with Gasteiger partial charge in [-0.05, 0) is 85.5 Å². The molecule has 1 atom stereocenters. The molecule has 0 aliphatic heterocycles. The lowest BCUT2D eigenvalue weighted by Crippen LogP contribution is -2.30. The fourth-order valence-corrected chi connectivity index (χ4v) is 5.15. The maximum absolute atomic E-state index is 13.1. The second-order valence-electron chi connectivity index (χ2n) is 8.59. The lowest BCUT2D eigenvalue weighted by molar-refractivity contribution is -0.115. The fraction of sp³-hybridized carbons (Fsp3) is 0.100. The number of rotatable bonds is 9. The van der Waals surface area contributed by atoms with E-state index in [1.54, 1.807) is 48.5 Å². The molecule has 3 aromatic carbocycles. The summed E-state index contributed by atoms with van der Waals surface area (Å²) in [6.07, 6.45) is 1.65. The Labute approximate surface area is 240 Å². The normalized spacial score (nSPS) is 11.9. The highest BCUT2D eigenvalue weighted by atomic mass is 35.5. The summed E-state index contributed by atoms with van der Waals surface area (Å²) in [5.74, 6) is -0.965. The van der Waals surface area contributed by atoms with Crippen LogP contribution in [0.5, 0.6) is 0 Å². The van der Waals surface area contributed by atoms with Crippen LogP contribution < -0.4 is 16.0 Å². The molecule has 4 rings (SSSR count). The van der Waals surface area contributed by atoms with Gasteiger partial charge in [0.05, 0.1) is 5.25 Å². The summed E-state index contributed by atoms with van der Waals surface area (Å²) in [6.45, 7) is 3.72. The monoisotopic (exact) mass is 575 g/mol. The number of hydrogen-bond acceptors (Lipinski definition) is 5. The molecular formula is C30H26ClN3O3S2. The Kier molecular flexibility index (Phi) is 9.59. The largest absolute Gasteiger partial charge is 0.325 e. The van der Waals surface area contributed by atoms with Crippen LogP contribution in [0.2, 0.25) is 5.02 Å². The summed E-state index contributed by atoms with van der Waals surface area (Å²) in [6, 6.07) is 25.0. The van der Waals surface area contributed by atoms with Crippen LogP contribution in [0, 0.1) is 6.92 Å². The van der Waals surface area contributed by atoms with Gasteiger partial charge in [-0.2, -0.15) is 0 Å². The van der Waals surface area contributed by atoms with E-state index >= 15 is 0 Å². The maximum Gasteiger partial charge on any atom is 0.272 e. The molecule has 3 amide bonds. The summed E-state index contributed by atoms with van der Waals surface area (Å²) in [4.78, 5) is 40.2. The van der Waals surface area contributed by atoms with Gasteiger partial charge in [0.2, 0.25) is 5.91 Å². The van der Waals surface area contributed by atoms with Crippen molar-refractivity contribution in [3.8, 4) is 0 Å². The Balaban J connectivity index is 1.39. The minimum Gasteiger partial charge on any atom is -0.325 e. The molecule has 0 aliphatic carbocycles. The van der Waals surface area contributed by atoms with Gasteiger partial charge in [-0.15, -0.1) is 23.1 Å². The number of anilines is 2. The third-order valence-corrected chi connectivity index (χ3v) is 7.93. The van der Waals surface area contributed by atoms with E-state index in [0.29, 0.717) is 22.0 Å². The van der Waals surface area contributed by atoms with E-state index < -0.39 is 5.91 Å². The van der Waals surface area contributed by atoms with Gasteiger partial charge in [0.1, 0.15) is 5.70 Å². The number of halogens is 1. The van der Waals surface area contributed by atoms with Crippen molar-refractivity contribution >= 4 is 69.9 Å². The van der Waals surface area contributed by atoms with Crippen molar-refractivity contribution in [3.63, 3.8) is 0 Å². The zero-order chi connectivity index (χ0) is 27.8. The average Bonchev–Trinajstić information content (AvgIpc) is 3.45. The average molecular weight is 576 g/mol. The highest BCUT2D eigenvalue weighted by Crippen LogP contribution is 2.27. The molecule has 0 radical (unpaired) electrons. The Morgan fingerprint density at radius 1 is 0.897 bits per heavy atom. The first kappa shape index (κ1) is 28.2. The van der Waals surface area contributed by atoms with Crippen molar-refractivity contribution in [3.05, 3.63) is 117 Å². The molecule has 0 aliphatic rings. The molecule has 0 fully saturated rings. The molecule has 1 aromatic heterocycles. The van der Waals surface area contributed by atoms with Crippen LogP contribution >= 0.6 is 34.7 Å². The topological polar surface area (TPSA) is 87.3 Å². The summed E-state index contributed by atoms with van der Waals surface area (Å²) >= 11 is 9.01. The molecule has 39 heavy (non-hydrogen) atoms. The predicted molar refractivity (Wildman–Crippen MR) is 161 cm³/mol. The second kappa shape index (κ2) is 13.3. The van der Waals surface area contributed by atoms with Crippen molar-refractivity contribution in [2.45, 2.75) is 24.0 Å². The van der Waals surface area contributed by atoms with Crippen LogP contribution in [0.15, 0.2) is 101 Å². The van der Waals surface area contributed by atoms with Gasteiger partial charge in [0.15, 0.2) is 0 Å². The van der Waals surface area contributed by atoms with Crippen molar-refractivity contribution < 1.29 is 14.4 Å². The van der Waals surface area contributed by atoms with Gasteiger partial charge in [0, 0.05) is 31.7 Å². The van der Waals surface area contributed by atoms with E-state index in [4.69, 9.17) is 11.6 Å². The first-order valence-corrected chi connectivity index (χ1v) is 14.2. The quantitative estimate of drug-likeness (QED) is 0.145. The smallest absolute Gasteiger partial charge is 0.272 e. The lowest BCUT2D eigenvalue weighted by atomic mass is 10.2. The Bertz CT molecular complexity index is 1490. The van der Waals surface area contributed by atoms with E-state index in [0.717, 1.165) is 15.3 Å². The molecule has 3 N–H and O–H groups in total. The lowest BCUT2D eigenvalue weighted by Gasteiger charge is -2.14. The predicted octanol–water partition coefficient (Wildman–Crippen LogP) is 7.24. The van der Waals surface area contributed by atoms with Crippen LogP contribution in [0.25, 0.3) is 6.08 Å². The van der Waals surface area contributed by atoms with Crippen molar-refractivity contribution in [1.29, 1.82) is 0 Å². The third kappa shape index (κ3) is 8.07. The second-order valence-corrected chi connectivity index (χ2v) is 11.4. The van der Waals surface area contributed by atoms with Crippen LogP contribution in [-0.2, 0) is 9.59 Å². The van der Waals surface area contributed by atoms with Crippen molar-refractivity contribution in [1.82, 2.24) is 5.32 Å². The number of carbonyl (C=O) groups is 3. The summed E-state index contributed by atoms with van der Waals surface area (Å²) in [5, 5.41) is 10.6. The van der Waals surface area contributed by atoms with E-state index in [2.05, 4.69) is 16.0 Å². The van der Waals surface area contributed by atoms with Gasteiger partial charge in [-0.1, -0.05) is 41.9 Å². The Morgan fingerprint density at radius 3 is 2.28 bits per heavy atom. The number of amides is 3. The number of carbonyl (C=O) groups excluding carboxylic acids is 3. The molecule has 6 nitrogen and oxygen atoms in total. The molecule has 0 bridgehead atoms. The van der Waals surface area contributed by atoms with Crippen molar-refractivity contribution in [2.24, 2.45) is 0 Å². The van der Waals surface area contributed by atoms with Gasteiger partial charge in [-0.3, -0.25) is 14.4 Å². The van der Waals surface area contributed by atoms with Gasteiger partial charge in [0.25, 0.3) is 11.8 Å². The molecule has 0 spiro atoms. The molecule has 0 saturated heterocycles. The van der Waals surface area contributed by atoms with E-state index in [9.17, 15) is 14.4 Å². The van der Waals surface area contributed by atoms with Crippen LogP contribution in [0.3, 0.4) is 0 Å².